The summed E-state index contributed by atoms with van der Waals surface area (Å²) < 4.78 is 10.8. The zero-order valence-electron chi connectivity index (χ0n) is 10.2. The predicted molar refractivity (Wildman–Crippen MR) is 64.0 cm³/mol. The summed E-state index contributed by atoms with van der Waals surface area (Å²) in [6.07, 6.45) is 1.70. The second-order valence-electron chi connectivity index (χ2n) is 3.64. The first-order valence-electron chi connectivity index (χ1n) is 5.87. The third-order valence-corrected chi connectivity index (χ3v) is 2.63. The van der Waals surface area contributed by atoms with Crippen LogP contribution in [0.5, 0.6) is 0 Å². The Morgan fingerprint density at radius 3 is 2.88 bits per heavy atom. The zero-order chi connectivity index (χ0) is 11.8. The van der Waals surface area contributed by atoms with Crippen LogP contribution in [0, 0.1) is 0 Å². The van der Waals surface area contributed by atoms with Gasteiger partial charge in [-0.25, -0.2) is 0 Å². The van der Waals surface area contributed by atoms with E-state index in [4.69, 9.17) is 14.9 Å². The molecule has 0 aliphatic heterocycles. The maximum Gasteiger partial charge on any atom is 0.122 e. The van der Waals surface area contributed by atoms with E-state index < -0.39 is 0 Å². The first kappa shape index (κ1) is 13.2. The topological polar surface area (TPSA) is 51.6 Å². The number of nitrogens with zero attached hydrogens (tertiary/aromatic N) is 1. The summed E-state index contributed by atoms with van der Waals surface area (Å²) in [4.78, 5) is 2.29. The maximum absolute atomic E-state index is 5.63. The smallest absolute Gasteiger partial charge is 0.122 e. The van der Waals surface area contributed by atoms with E-state index in [0.717, 1.165) is 44.2 Å². The van der Waals surface area contributed by atoms with E-state index in [9.17, 15) is 0 Å². The molecule has 1 aromatic rings. The van der Waals surface area contributed by atoms with Crippen molar-refractivity contribution in [1.82, 2.24) is 4.90 Å². The summed E-state index contributed by atoms with van der Waals surface area (Å²) in [6, 6.07) is 1.94. The zero-order valence-corrected chi connectivity index (χ0v) is 10.2. The van der Waals surface area contributed by atoms with Gasteiger partial charge in [0.05, 0.1) is 19.4 Å². The fraction of sp³-hybridized carbons (Fsp3) is 0.667. The van der Waals surface area contributed by atoms with E-state index in [1.165, 1.54) is 0 Å². The molecular formula is C12H22N2O2. The summed E-state index contributed by atoms with van der Waals surface area (Å²) >= 11 is 0. The lowest BCUT2D eigenvalue weighted by Gasteiger charge is -2.19. The molecule has 0 radical (unpaired) electrons. The number of ether oxygens (including phenoxy) is 1. The van der Waals surface area contributed by atoms with E-state index in [1.807, 2.05) is 13.0 Å². The molecule has 2 N–H and O–H groups in total. The third-order valence-electron chi connectivity index (χ3n) is 2.63. The van der Waals surface area contributed by atoms with E-state index in [1.54, 1.807) is 6.26 Å². The van der Waals surface area contributed by atoms with Crippen LogP contribution in [0.3, 0.4) is 0 Å². The van der Waals surface area contributed by atoms with Crippen molar-refractivity contribution in [2.24, 2.45) is 5.73 Å². The lowest BCUT2D eigenvalue weighted by molar-refractivity contribution is 0.110. The van der Waals surface area contributed by atoms with Gasteiger partial charge < -0.3 is 14.9 Å². The molecule has 0 spiro atoms. The molecule has 0 saturated carbocycles. The Bertz CT molecular complexity index is 286. The van der Waals surface area contributed by atoms with Gasteiger partial charge in [0.25, 0.3) is 0 Å². The quantitative estimate of drug-likeness (QED) is 0.684. The molecule has 92 valence electrons. The molecule has 0 aliphatic carbocycles. The minimum absolute atomic E-state index is 0.537. The number of nitrogens with two attached hydrogens (primary N) is 1. The normalized spacial score (nSPS) is 11.2. The van der Waals surface area contributed by atoms with Crippen LogP contribution >= 0.6 is 0 Å². The number of hydrogen-bond donors (Lipinski definition) is 1. The molecule has 0 bridgehead atoms. The first-order chi connectivity index (χ1) is 7.81. The molecule has 0 aliphatic rings. The van der Waals surface area contributed by atoms with Gasteiger partial charge in [0.2, 0.25) is 0 Å². The highest BCUT2D eigenvalue weighted by atomic mass is 16.5. The second kappa shape index (κ2) is 7.44. The maximum atomic E-state index is 5.63. The monoisotopic (exact) mass is 226 g/mol. The standard InChI is InChI=1S/C12H22N2O2/c1-3-14(6-8-15-4-2)10-12-11(9-13)5-7-16-12/h5,7H,3-4,6,8-10,13H2,1-2H3. The average Bonchev–Trinajstić information content (AvgIpc) is 2.75. The molecule has 0 aromatic carbocycles. The first-order valence-corrected chi connectivity index (χ1v) is 5.87. The molecule has 16 heavy (non-hydrogen) atoms. The fourth-order valence-electron chi connectivity index (χ4n) is 1.58. The van der Waals surface area contributed by atoms with Crippen LogP contribution in [0.25, 0.3) is 0 Å². The summed E-state index contributed by atoms with van der Waals surface area (Å²) in [5, 5.41) is 0. The van der Waals surface area contributed by atoms with Crippen LogP contribution < -0.4 is 5.73 Å². The minimum Gasteiger partial charge on any atom is -0.468 e. The highest BCUT2D eigenvalue weighted by molar-refractivity contribution is 5.16. The number of rotatable bonds is 8. The molecule has 1 heterocycles. The van der Waals surface area contributed by atoms with E-state index in [-0.39, 0.29) is 0 Å². The Morgan fingerprint density at radius 2 is 2.25 bits per heavy atom. The lowest BCUT2D eigenvalue weighted by Crippen LogP contribution is -2.27. The number of hydrogen-bond acceptors (Lipinski definition) is 4. The van der Waals surface area contributed by atoms with Crippen LogP contribution in [0.1, 0.15) is 25.2 Å². The van der Waals surface area contributed by atoms with Gasteiger partial charge in [0, 0.05) is 25.3 Å². The van der Waals surface area contributed by atoms with Crippen molar-refractivity contribution in [2.75, 3.05) is 26.3 Å². The molecular weight excluding hydrogens is 204 g/mol. The number of furan rings is 1. The molecule has 1 aromatic heterocycles. The Morgan fingerprint density at radius 1 is 1.44 bits per heavy atom. The van der Waals surface area contributed by atoms with Gasteiger partial charge in [-0.05, 0) is 19.5 Å². The van der Waals surface area contributed by atoms with Crippen molar-refractivity contribution in [1.29, 1.82) is 0 Å². The molecule has 0 amide bonds. The van der Waals surface area contributed by atoms with Crippen LogP contribution in [0.2, 0.25) is 0 Å². The van der Waals surface area contributed by atoms with Gasteiger partial charge in [-0.3, -0.25) is 4.90 Å². The van der Waals surface area contributed by atoms with Gasteiger partial charge in [-0.2, -0.15) is 0 Å². The molecule has 0 fully saturated rings. The van der Waals surface area contributed by atoms with E-state index >= 15 is 0 Å². The largest absolute Gasteiger partial charge is 0.468 e. The Balaban J connectivity index is 2.43. The molecule has 1 rings (SSSR count). The molecule has 4 heteroatoms. The molecule has 0 unspecified atom stereocenters. The highest BCUT2D eigenvalue weighted by Crippen LogP contribution is 2.12. The Hall–Kier alpha value is -0.840. The highest BCUT2D eigenvalue weighted by Gasteiger charge is 2.09. The molecule has 0 saturated heterocycles. The fourth-order valence-corrected chi connectivity index (χ4v) is 1.58. The second-order valence-corrected chi connectivity index (χ2v) is 3.64. The minimum atomic E-state index is 0.537. The lowest BCUT2D eigenvalue weighted by atomic mass is 10.2. The van der Waals surface area contributed by atoms with Gasteiger partial charge in [0.15, 0.2) is 0 Å². The van der Waals surface area contributed by atoms with Crippen molar-refractivity contribution in [3.8, 4) is 0 Å². The Kier molecular flexibility index (Phi) is 6.15. The third kappa shape index (κ3) is 3.96. The van der Waals surface area contributed by atoms with Gasteiger partial charge >= 0.3 is 0 Å². The summed E-state index contributed by atoms with van der Waals surface area (Å²) in [7, 11) is 0. The van der Waals surface area contributed by atoms with Gasteiger partial charge in [-0.1, -0.05) is 6.92 Å². The van der Waals surface area contributed by atoms with Gasteiger partial charge in [0.1, 0.15) is 5.76 Å². The Labute approximate surface area is 97.4 Å². The van der Waals surface area contributed by atoms with Crippen LogP contribution in [-0.4, -0.2) is 31.2 Å². The van der Waals surface area contributed by atoms with Crippen LogP contribution in [0.15, 0.2) is 16.7 Å². The van der Waals surface area contributed by atoms with E-state index in [2.05, 4.69) is 11.8 Å². The van der Waals surface area contributed by atoms with Crippen LogP contribution in [-0.2, 0) is 17.8 Å². The van der Waals surface area contributed by atoms with Crippen molar-refractivity contribution in [2.45, 2.75) is 26.9 Å². The van der Waals surface area contributed by atoms with Crippen molar-refractivity contribution < 1.29 is 9.15 Å². The van der Waals surface area contributed by atoms with Crippen molar-refractivity contribution >= 4 is 0 Å². The summed E-state index contributed by atoms with van der Waals surface area (Å²) in [5.41, 5.74) is 6.72. The predicted octanol–water partition coefficient (Wildman–Crippen LogP) is 1.60. The summed E-state index contributed by atoms with van der Waals surface area (Å²) in [5.74, 6) is 0.973. The number of likely N-dealkylation sites (N-methyl/N-ethyl adjacent to an activating group) is 1. The van der Waals surface area contributed by atoms with Crippen molar-refractivity contribution in [3.63, 3.8) is 0 Å². The van der Waals surface area contributed by atoms with Gasteiger partial charge in [-0.15, -0.1) is 0 Å². The SMILES string of the molecule is CCOCCN(CC)Cc1occc1CN. The molecule has 0 atom stereocenters. The van der Waals surface area contributed by atoms with Crippen molar-refractivity contribution in [3.05, 3.63) is 23.7 Å². The summed E-state index contributed by atoms with van der Waals surface area (Å²) in [6.45, 7) is 8.94. The van der Waals surface area contributed by atoms with Crippen LogP contribution in [0.4, 0.5) is 0 Å². The molecule has 4 nitrogen and oxygen atoms in total. The van der Waals surface area contributed by atoms with E-state index in [0.29, 0.717) is 6.54 Å². The average molecular weight is 226 g/mol.